The lowest BCUT2D eigenvalue weighted by Crippen LogP contribution is -2.27. The number of rotatable bonds is 11. The molecule has 0 aromatic heterocycles. The van der Waals surface area contributed by atoms with E-state index in [1.54, 1.807) is 0 Å². The summed E-state index contributed by atoms with van der Waals surface area (Å²) in [6.07, 6.45) is 8.93. The van der Waals surface area contributed by atoms with Gasteiger partial charge in [-0.2, -0.15) is 0 Å². The molecule has 5 rings (SSSR count). The highest BCUT2D eigenvalue weighted by Crippen LogP contribution is 2.38. The van der Waals surface area contributed by atoms with Crippen molar-refractivity contribution in [2.75, 3.05) is 6.54 Å². The molecule has 0 N–H and O–H groups in total. The Kier molecular flexibility index (Phi) is 11.0. The summed E-state index contributed by atoms with van der Waals surface area (Å²) in [6, 6.07) is 28.0. The van der Waals surface area contributed by atoms with Crippen LogP contribution in [0.1, 0.15) is 49.7 Å². The molecule has 1 nitrogen and oxygen atoms in total. The first-order valence-electron chi connectivity index (χ1n) is 15.0. The Morgan fingerprint density at radius 1 is 0.605 bits per heavy atom. The van der Waals surface area contributed by atoms with Gasteiger partial charge in [-0.15, -0.1) is 0 Å². The molecule has 0 spiro atoms. The normalized spacial score (nSPS) is 13.6. The highest BCUT2D eigenvalue weighted by Gasteiger charge is 2.20. The fraction of sp³-hybridized carbons (Fsp3) is 0.263. The van der Waals surface area contributed by atoms with Gasteiger partial charge in [0.15, 0.2) is 0 Å². The van der Waals surface area contributed by atoms with Crippen LogP contribution in [0.5, 0.6) is 0 Å². The molecule has 4 aromatic carbocycles. The first-order chi connectivity index (χ1) is 20.8. The quantitative estimate of drug-likeness (QED) is 0.156. The van der Waals surface area contributed by atoms with Gasteiger partial charge < -0.3 is 4.90 Å². The van der Waals surface area contributed by atoms with Crippen molar-refractivity contribution < 1.29 is 0 Å². The summed E-state index contributed by atoms with van der Waals surface area (Å²) in [4.78, 5) is 2.29. The molecule has 0 amide bonds. The maximum absolute atomic E-state index is 6.78. The van der Waals surface area contributed by atoms with Crippen LogP contribution < -0.4 is 0 Å². The van der Waals surface area contributed by atoms with Crippen molar-refractivity contribution in [3.63, 3.8) is 0 Å². The molecular weight excluding hydrogens is 612 g/mol. The summed E-state index contributed by atoms with van der Waals surface area (Å²) in [7, 11) is 0. The minimum absolute atomic E-state index is 0.618. The lowest BCUT2D eigenvalue weighted by atomic mass is 9.87. The van der Waals surface area contributed by atoms with Crippen LogP contribution in [0.4, 0.5) is 0 Å². The maximum Gasteiger partial charge on any atom is 0.0502 e. The summed E-state index contributed by atoms with van der Waals surface area (Å²) in [5.74, 6) is 0.736. The fourth-order valence-corrected chi connectivity index (χ4v) is 7.71. The monoisotopic (exact) mass is 647 g/mol. The first-order valence-corrected chi connectivity index (χ1v) is 16.5. The third kappa shape index (κ3) is 8.08. The van der Waals surface area contributed by atoms with Crippen LogP contribution in [0.2, 0.25) is 20.1 Å². The summed E-state index contributed by atoms with van der Waals surface area (Å²) in [6.45, 7) is 9.94. The van der Waals surface area contributed by atoms with E-state index in [9.17, 15) is 0 Å². The zero-order chi connectivity index (χ0) is 30.3. The molecule has 0 bridgehead atoms. The van der Waals surface area contributed by atoms with Gasteiger partial charge in [0.05, 0.1) is 20.1 Å². The third-order valence-corrected chi connectivity index (χ3v) is 9.59. The van der Waals surface area contributed by atoms with Crippen molar-refractivity contribution in [2.45, 2.75) is 51.4 Å². The van der Waals surface area contributed by atoms with Crippen LogP contribution in [-0.2, 0) is 12.8 Å². The van der Waals surface area contributed by atoms with Crippen LogP contribution in [0.25, 0.3) is 22.3 Å². The molecule has 1 saturated carbocycles. The zero-order valence-electron chi connectivity index (χ0n) is 24.4. The molecule has 0 heterocycles. The molecule has 43 heavy (non-hydrogen) atoms. The maximum atomic E-state index is 6.78. The van der Waals surface area contributed by atoms with E-state index in [2.05, 4.69) is 18.1 Å². The second kappa shape index (κ2) is 14.9. The minimum atomic E-state index is 0.618. The molecule has 0 atom stereocenters. The third-order valence-electron chi connectivity index (χ3n) is 8.39. The largest absolute Gasteiger partial charge is 0.349 e. The Hall–Kier alpha value is -2.68. The first kappa shape index (κ1) is 31.7. The van der Waals surface area contributed by atoms with Crippen molar-refractivity contribution in [2.24, 2.45) is 5.92 Å². The number of hydrogen-bond acceptors (Lipinski definition) is 1. The van der Waals surface area contributed by atoms with Gasteiger partial charge >= 0.3 is 0 Å². The zero-order valence-corrected chi connectivity index (χ0v) is 27.4. The van der Waals surface area contributed by atoms with Gasteiger partial charge in [0, 0.05) is 41.9 Å². The summed E-state index contributed by atoms with van der Waals surface area (Å²) < 4.78 is 0. The molecule has 0 saturated heterocycles. The standard InChI is InChI=1S/C38H37Cl4N/c1-26(20-29-22-33(39)37(34(40)23-29)31-14-8-4-9-15-31)43(19-18-28-12-6-3-7-13-28)27(2)21-30-24-35(41)38(36(42)25-30)32-16-10-5-11-17-32/h4-5,8-11,14-17,22-25,28H,1-3,6-7,12-13,18-21H2. The van der Waals surface area contributed by atoms with Crippen LogP contribution >= 0.6 is 46.4 Å². The van der Waals surface area contributed by atoms with E-state index >= 15 is 0 Å². The van der Waals surface area contributed by atoms with Gasteiger partial charge in [0.2, 0.25) is 0 Å². The Morgan fingerprint density at radius 3 is 1.40 bits per heavy atom. The molecule has 0 radical (unpaired) electrons. The molecule has 0 aliphatic heterocycles. The minimum Gasteiger partial charge on any atom is -0.349 e. The van der Waals surface area contributed by atoms with E-state index in [-0.39, 0.29) is 0 Å². The van der Waals surface area contributed by atoms with Crippen molar-refractivity contribution in [3.05, 3.63) is 141 Å². The summed E-state index contributed by atoms with van der Waals surface area (Å²) in [5.41, 5.74) is 7.69. The number of benzene rings is 4. The van der Waals surface area contributed by atoms with Crippen LogP contribution in [0, 0.1) is 5.92 Å². The van der Waals surface area contributed by atoms with Gasteiger partial charge in [0.25, 0.3) is 0 Å². The average Bonchev–Trinajstić information content (AvgIpc) is 2.98. The SMILES string of the molecule is C=C(Cc1cc(Cl)c(-c2ccccc2)c(Cl)c1)N(CCC1CCCCC1)C(=C)Cc1cc(Cl)c(-c2ccccc2)c(Cl)c1. The van der Waals surface area contributed by atoms with Crippen molar-refractivity contribution in [3.8, 4) is 22.3 Å². The Bertz CT molecular complexity index is 1420. The second-order valence-electron chi connectivity index (χ2n) is 11.5. The van der Waals surface area contributed by atoms with E-state index in [4.69, 9.17) is 46.4 Å². The molecule has 1 aliphatic rings. The van der Waals surface area contributed by atoms with E-state index in [0.29, 0.717) is 32.9 Å². The molecule has 4 aromatic rings. The van der Waals surface area contributed by atoms with Crippen molar-refractivity contribution in [1.29, 1.82) is 0 Å². The van der Waals surface area contributed by atoms with E-state index in [1.807, 2.05) is 84.9 Å². The Labute approximate surface area is 276 Å². The van der Waals surface area contributed by atoms with Gasteiger partial charge in [-0.05, 0) is 58.9 Å². The Balaban J connectivity index is 1.36. The molecule has 222 valence electrons. The number of allylic oxidation sites excluding steroid dienone is 2. The molecule has 5 heteroatoms. The van der Waals surface area contributed by atoms with Crippen LogP contribution in [0.15, 0.2) is 109 Å². The fourth-order valence-electron chi connectivity index (χ4n) is 6.21. The molecule has 1 aliphatic carbocycles. The smallest absolute Gasteiger partial charge is 0.0502 e. The van der Waals surface area contributed by atoms with Gasteiger partial charge in [-0.3, -0.25) is 0 Å². The Morgan fingerprint density at radius 2 is 1.00 bits per heavy atom. The van der Waals surface area contributed by atoms with Gasteiger partial charge in [-0.25, -0.2) is 0 Å². The number of halogens is 4. The van der Waals surface area contributed by atoms with Crippen molar-refractivity contribution >= 4 is 46.4 Å². The predicted octanol–water partition coefficient (Wildman–Crippen LogP) is 12.7. The second-order valence-corrected chi connectivity index (χ2v) is 13.2. The lowest BCUT2D eigenvalue weighted by molar-refractivity contribution is 0.294. The van der Waals surface area contributed by atoms with Gasteiger partial charge in [-0.1, -0.05) is 152 Å². The predicted molar refractivity (Wildman–Crippen MR) is 187 cm³/mol. The summed E-state index contributed by atoms with van der Waals surface area (Å²) >= 11 is 27.1. The van der Waals surface area contributed by atoms with Crippen LogP contribution in [-0.4, -0.2) is 11.4 Å². The van der Waals surface area contributed by atoms with E-state index < -0.39 is 0 Å². The lowest BCUT2D eigenvalue weighted by Gasteiger charge is -2.32. The topological polar surface area (TPSA) is 3.24 Å². The van der Waals surface area contributed by atoms with Crippen LogP contribution in [0.3, 0.4) is 0 Å². The number of nitrogens with zero attached hydrogens (tertiary/aromatic N) is 1. The molecular formula is C38H37Cl4N. The average molecular weight is 650 g/mol. The molecule has 0 unspecified atom stereocenters. The van der Waals surface area contributed by atoms with Gasteiger partial charge in [0.1, 0.15) is 0 Å². The molecule has 1 fully saturated rings. The highest BCUT2D eigenvalue weighted by atomic mass is 35.5. The number of hydrogen-bond donors (Lipinski definition) is 0. The summed E-state index contributed by atoms with van der Waals surface area (Å²) in [5, 5.41) is 2.54. The highest BCUT2D eigenvalue weighted by molar-refractivity contribution is 6.40. The van der Waals surface area contributed by atoms with E-state index in [0.717, 1.165) is 63.7 Å². The van der Waals surface area contributed by atoms with Crippen molar-refractivity contribution in [1.82, 2.24) is 4.90 Å². The van der Waals surface area contributed by atoms with E-state index in [1.165, 1.54) is 32.1 Å².